The highest BCUT2D eigenvalue weighted by Crippen LogP contribution is 2.44. The zero-order valence-electron chi connectivity index (χ0n) is 14.5. The van der Waals surface area contributed by atoms with Gasteiger partial charge in [-0.15, -0.1) is 0 Å². The summed E-state index contributed by atoms with van der Waals surface area (Å²) in [5.74, 6) is 0.926. The molecule has 3 aromatic rings. The first kappa shape index (κ1) is 16.3. The lowest BCUT2D eigenvalue weighted by atomic mass is 9.78. The van der Waals surface area contributed by atoms with Gasteiger partial charge < -0.3 is 5.32 Å². The average molecular weight is 377 g/mol. The Morgan fingerprint density at radius 1 is 1.04 bits per heavy atom. The number of allylic oxidation sites excluding steroid dienone is 2. The van der Waals surface area contributed by atoms with Crippen molar-refractivity contribution in [1.82, 2.24) is 14.8 Å². The van der Waals surface area contributed by atoms with Crippen LogP contribution in [-0.2, 0) is 4.79 Å². The van der Waals surface area contributed by atoms with Gasteiger partial charge in [-0.25, -0.2) is 4.68 Å². The predicted octanol–water partition coefficient (Wildman–Crippen LogP) is 4.35. The van der Waals surface area contributed by atoms with E-state index in [-0.39, 0.29) is 17.7 Å². The molecule has 1 aliphatic carbocycles. The Kier molecular flexibility index (Phi) is 3.83. The van der Waals surface area contributed by atoms with Crippen molar-refractivity contribution < 1.29 is 4.79 Å². The van der Waals surface area contributed by atoms with E-state index in [2.05, 4.69) is 27.5 Å². The summed E-state index contributed by atoms with van der Waals surface area (Å²) in [6.07, 6.45) is 2.75. The van der Waals surface area contributed by atoms with E-state index >= 15 is 0 Å². The molecular formula is C21H17ClN4O. The fraction of sp³-hybridized carbons (Fsp3) is 0.190. The van der Waals surface area contributed by atoms with Crippen LogP contribution in [0.25, 0.3) is 0 Å². The number of benzene rings is 2. The number of fused-ring (bicyclic) bond motifs is 1. The second kappa shape index (κ2) is 6.35. The van der Waals surface area contributed by atoms with Crippen molar-refractivity contribution in [1.29, 1.82) is 0 Å². The van der Waals surface area contributed by atoms with Gasteiger partial charge in [0.25, 0.3) is 0 Å². The van der Waals surface area contributed by atoms with Gasteiger partial charge in [0.15, 0.2) is 5.78 Å². The largest absolute Gasteiger partial charge is 0.328 e. The van der Waals surface area contributed by atoms with E-state index in [0.717, 1.165) is 23.3 Å². The minimum Gasteiger partial charge on any atom is -0.328 e. The maximum Gasteiger partial charge on any atom is 0.226 e. The van der Waals surface area contributed by atoms with Crippen LogP contribution >= 0.6 is 11.6 Å². The molecule has 27 heavy (non-hydrogen) atoms. The number of Topliss-reactive ketones (excluding diaryl/α,β-unsaturated/α-hetero) is 1. The van der Waals surface area contributed by atoms with Crippen molar-refractivity contribution in [2.24, 2.45) is 0 Å². The molecule has 0 bridgehead atoms. The first-order valence-corrected chi connectivity index (χ1v) is 9.32. The molecule has 0 spiro atoms. The quantitative estimate of drug-likeness (QED) is 0.722. The summed E-state index contributed by atoms with van der Waals surface area (Å²) in [7, 11) is 0. The lowest BCUT2D eigenvalue weighted by Crippen LogP contribution is -2.33. The number of nitrogens with one attached hydrogen (secondary N) is 1. The number of hydrogen-bond acceptors (Lipinski definition) is 4. The summed E-state index contributed by atoms with van der Waals surface area (Å²) in [6.45, 7) is 0. The molecule has 5 rings (SSSR count). The van der Waals surface area contributed by atoms with Crippen molar-refractivity contribution in [3.8, 4) is 0 Å². The van der Waals surface area contributed by atoms with Crippen LogP contribution in [0.4, 0.5) is 5.95 Å². The van der Waals surface area contributed by atoms with Crippen LogP contribution in [0.15, 0.2) is 72.2 Å². The Morgan fingerprint density at radius 2 is 1.81 bits per heavy atom. The van der Waals surface area contributed by atoms with Crippen LogP contribution in [0.3, 0.4) is 0 Å². The Morgan fingerprint density at radius 3 is 2.63 bits per heavy atom. The smallest absolute Gasteiger partial charge is 0.226 e. The molecule has 1 N–H and O–H groups in total. The molecule has 134 valence electrons. The van der Waals surface area contributed by atoms with Crippen LogP contribution in [0, 0.1) is 0 Å². The molecule has 5 nitrogen and oxygen atoms in total. The normalized spacial score (nSPS) is 21.4. The zero-order chi connectivity index (χ0) is 18.4. The number of aromatic nitrogens is 3. The molecule has 0 saturated heterocycles. The highest BCUT2D eigenvalue weighted by atomic mass is 35.5. The number of carbonyl (C=O) groups is 1. The molecule has 2 heterocycles. The number of rotatable bonds is 2. The fourth-order valence-corrected chi connectivity index (χ4v) is 4.34. The molecule has 1 aromatic heterocycles. The van der Waals surface area contributed by atoms with E-state index in [1.165, 1.54) is 11.9 Å². The summed E-state index contributed by atoms with van der Waals surface area (Å²) in [5, 5.41) is 8.31. The molecule has 2 aromatic carbocycles. The van der Waals surface area contributed by atoms with Gasteiger partial charge in [-0.05, 0) is 24.0 Å². The zero-order valence-corrected chi connectivity index (χ0v) is 15.2. The third-order valence-electron chi connectivity index (χ3n) is 5.33. The Hall–Kier alpha value is -2.92. The predicted molar refractivity (Wildman–Crippen MR) is 104 cm³/mol. The van der Waals surface area contributed by atoms with Crippen LogP contribution in [-0.4, -0.2) is 20.5 Å². The lowest BCUT2D eigenvalue weighted by molar-refractivity contribution is -0.116. The monoisotopic (exact) mass is 376 g/mol. The van der Waals surface area contributed by atoms with Crippen LogP contribution in [0.2, 0.25) is 5.02 Å². The van der Waals surface area contributed by atoms with E-state index in [1.807, 2.05) is 42.5 Å². The molecule has 0 radical (unpaired) electrons. The van der Waals surface area contributed by atoms with Crippen molar-refractivity contribution in [3.05, 3.63) is 88.3 Å². The van der Waals surface area contributed by atoms with Gasteiger partial charge in [0.05, 0.1) is 0 Å². The second-order valence-corrected chi connectivity index (χ2v) is 7.32. The van der Waals surface area contributed by atoms with Crippen molar-refractivity contribution in [3.63, 3.8) is 0 Å². The molecular weight excluding hydrogens is 360 g/mol. The van der Waals surface area contributed by atoms with Crippen molar-refractivity contribution in [2.75, 3.05) is 5.32 Å². The summed E-state index contributed by atoms with van der Waals surface area (Å²) >= 11 is 6.48. The summed E-state index contributed by atoms with van der Waals surface area (Å²) in [4.78, 5) is 17.6. The maximum atomic E-state index is 13.2. The molecule has 2 atom stereocenters. The molecule has 0 amide bonds. The molecule has 0 unspecified atom stereocenters. The molecule has 6 heteroatoms. The number of halogens is 1. The number of nitrogens with zero attached hydrogens (tertiary/aromatic N) is 3. The third kappa shape index (κ3) is 2.66. The third-order valence-corrected chi connectivity index (χ3v) is 5.68. The van der Waals surface area contributed by atoms with Crippen LogP contribution in [0.1, 0.15) is 35.9 Å². The maximum absolute atomic E-state index is 13.2. The van der Waals surface area contributed by atoms with Gasteiger partial charge in [0, 0.05) is 28.3 Å². The van der Waals surface area contributed by atoms with E-state index in [0.29, 0.717) is 17.4 Å². The van der Waals surface area contributed by atoms with Gasteiger partial charge >= 0.3 is 0 Å². The van der Waals surface area contributed by atoms with Gasteiger partial charge in [0.2, 0.25) is 5.95 Å². The standard InChI is InChI=1S/C21H17ClN4O/c22-16-9-5-4-8-15(16)20-19-17(25-21-23-12-24-26(20)21)10-14(11-18(19)27)13-6-2-1-3-7-13/h1-9,12,14,20H,10-11H2,(H,23,24,25)/t14-,20-/m1/s1. The van der Waals surface area contributed by atoms with Gasteiger partial charge in [-0.3, -0.25) is 4.79 Å². The minimum atomic E-state index is -0.350. The second-order valence-electron chi connectivity index (χ2n) is 6.91. The first-order valence-electron chi connectivity index (χ1n) is 8.94. The van der Waals surface area contributed by atoms with E-state index in [4.69, 9.17) is 11.6 Å². The molecule has 0 saturated carbocycles. The fourth-order valence-electron chi connectivity index (χ4n) is 4.10. The molecule has 2 aliphatic rings. The number of ketones is 1. The lowest BCUT2D eigenvalue weighted by Gasteiger charge is -2.35. The molecule has 1 aliphatic heterocycles. The topological polar surface area (TPSA) is 59.8 Å². The van der Waals surface area contributed by atoms with Crippen molar-refractivity contribution >= 4 is 23.3 Å². The highest BCUT2D eigenvalue weighted by Gasteiger charge is 2.39. The minimum absolute atomic E-state index is 0.128. The number of anilines is 1. The van der Waals surface area contributed by atoms with E-state index in [9.17, 15) is 4.79 Å². The Bertz CT molecular complexity index is 1060. The van der Waals surface area contributed by atoms with Crippen LogP contribution in [0.5, 0.6) is 0 Å². The van der Waals surface area contributed by atoms with Crippen LogP contribution < -0.4 is 5.32 Å². The summed E-state index contributed by atoms with van der Waals surface area (Å²) in [5.41, 5.74) is 3.71. The highest BCUT2D eigenvalue weighted by molar-refractivity contribution is 6.31. The number of carbonyl (C=O) groups excluding carboxylic acids is 1. The Balaban J connectivity index is 1.63. The van der Waals surface area contributed by atoms with Gasteiger partial charge in [-0.1, -0.05) is 60.1 Å². The van der Waals surface area contributed by atoms with Gasteiger partial charge in [-0.2, -0.15) is 10.1 Å². The average Bonchev–Trinajstić information content (AvgIpc) is 3.16. The Labute approximate surface area is 161 Å². The SMILES string of the molecule is O=C1C[C@H](c2ccccc2)CC2=C1[C@@H](c1ccccc1Cl)n1ncnc1N2. The summed E-state index contributed by atoms with van der Waals surface area (Å²) in [6, 6.07) is 17.5. The van der Waals surface area contributed by atoms with Gasteiger partial charge in [0.1, 0.15) is 12.4 Å². The first-order chi connectivity index (χ1) is 13.2. The molecule has 0 fully saturated rings. The summed E-state index contributed by atoms with van der Waals surface area (Å²) < 4.78 is 1.75. The van der Waals surface area contributed by atoms with E-state index in [1.54, 1.807) is 4.68 Å². The van der Waals surface area contributed by atoms with Crippen molar-refractivity contribution in [2.45, 2.75) is 24.8 Å². The number of hydrogen-bond donors (Lipinski definition) is 1. The van der Waals surface area contributed by atoms with E-state index < -0.39 is 0 Å².